The van der Waals surface area contributed by atoms with Gasteiger partial charge in [0.2, 0.25) is 0 Å². The molecule has 0 aromatic heterocycles. The zero-order valence-electron chi connectivity index (χ0n) is 12.3. The van der Waals surface area contributed by atoms with Gasteiger partial charge in [-0.05, 0) is 38.0 Å². The molecular weight excluding hydrogens is 290 g/mol. The fraction of sp³-hybridized carbons (Fsp3) is 0.562. The minimum absolute atomic E-state index is 0.00134. The van der Waals surface area contributed by atoms with E-state index < -0.39 is 6.10 Å². The van der Waals surface area contributed by atoms with Crippen LogP contribution in [0.5, 0.6) is 5.75 Å². The van der Waals surface area contributed by atoms with Crippen molar-refractivity contribution in [3.05, 3.63) is 28.8 Å². The molecule has 0 spiro atoms. The van der Waals surface area contributed by atoms with Crippen LogP contribution in [0, 0.1) is 0 Å². The fourth-order valence-corrected chi connectivity index (χ4v) is 2.71. The summed E-state index contributed by atoms with van der Waals surface area (Å²) >= 11 is 5.92. The minimum Gasteiger partial charge on any atom is -0.483 e. The summed E-state index contributed by atoms with van der Waals surface area (Å²) in [6.07, 6.45) is 3.81. The molecule has 1 aliphatic heterocycles. The van der Waals surface area contributed by atoms with Crippen LogP contribution in [0.15, 0.2) is 18.2 Å². The SMILES string of the molecule is CC(O)c1cc(Cl)ccc1OCC(=O)N1CCCCCC1. The Bertz CT molecular complexity index is 482. The second-order valence-electron chi connectivity index (χ2n) is 5.44. The molecule has 0 saturated carbocycles. The molecule has 0 aliphatic carbocycles. The number of rotatable bonds is 4. The van der Waals surface area contributed by atoms with Gasteiger partial charge in [-0.2, -0.15) is 0 Å². The van der Waals surface area contributed by atoms with Gasteiger partial charge in [-0.3, -0.25) is 4.79 Å². The molecule has 1 atom stereocenters. The summed E-state index contributed by atoms with van der Waals surface area (Å²) in [5.41, 5.74) is 0.603. The summed E-state index contributed by atoms with van der Waals surface area (Å²) in [5, 5.41) is 10.3. The van der Waals surface area contributed by atoms with Gasteiger partial charge >= 0.3 is 0 Å². The van der Waals surface area contributed by atoms with E-state index in [1.165, 1.54) is 12.8 Å². The van der Waals surface area contributed by atoms with E-state index in [0.29, 0.717) is 16.3 Å². The molecule has 1 aromatic carbocycles. The molecule has 1 unspecified atom stereocenters. The summed E-state index contributed by atoms with van der Waals surface area (Å²) < 4.78 is 5.60. The van der Waals surface area contributed by atoms with Crippen molar-refractivity contribution < 1.29 is 14.6 Å². The lowest BCUT2D eigenvalue weighted by Crippen LogP contribution is -2.35. The van der Waals surface area contributed by atoms with Gasteiger partial charge in [0.25, 0.3) is 5.91 Å². The Morgan fingerprint density at radius 1 is 1.33 bits per heavy atom. The predicted octanol–water partition coefficient (Wildman–Crippen LogP) is 3.17. The quantitative estimate of drug-likeness (QED) is 0.929. The topological polar surface area (TPSA) is 49.8 Å². The van der Waals surface area contributed by atoms with E-state index in [9.17, 15) is 9.90 Å². The average molecular weight is 312 g/mol. The van der Waals surface area contributed by atoms with E-state index in [0.717, 1.165) is 25.9 Å². The van der Waals surface area contributed by atoms with Crippen molar-refractivity contribution in [3.8, 4) is 5.75 Å². The number of amides is 1. The van der Waals surface area contributed by atoms with Gasteiger partial charge in [-0.25, -0.2) is 0 Å². The molecule has 5 heteroatoms. The standard InChI is InChI=1S/C16H22ClNO3/c1-12(19)14-10-13(17)6-7-15(14)21-11-16(20)18-8-4-2-3-5-9-18/h6-7,10,12,19H,2-5,8-9,11H2,1H3. The Hall–Kier alpha value is -1.26. The number of aliphatic hydroxyl groups is 1. The van der Waals surface area contributed by atoms with Gasteiger partial charge in [-0.1, -0.05) is 24.4 Å². The zero-order chi connectivity index (χ0) is 15.2. The lowest BCUT2D eigenvalue weighted by atomic mass is 10.1. The lowest BCUT2D eigenvalue weighted by molar-refractivity contribution is -0.133. The number of halogens is 1. The summed E-state index contributed by atoms with van der Waals surface area (Å²) in [6.45, 7) is 3.27. The molecule has 116 valence electrons. The number of hydrogen-bond donors (Lipinski definition) is 1. The van der Waals surface area contributed by atoms with Gasteiger partial charge in [0.1, 0.15) is 5.75 Å². The second-order valence-corrected chi connectivity index (χ2v) is 5.88. The Labute approximate surface area is 130 Å². The fourth-order valence-electron chi connectivity index (χ4n) is 2.53. The third kappa shape index (κ3) is 4.61. The molecular formula is C16H22ClNO3. The smallest absolute Gasteiger partial charge is 0.260 e. The van der Waals surface area contributed by atoms with Crippen molar-refractivity contribution in [1.82, 2.24) is 4.90 Å². The third-order valence-corrected chi connectivity index (χ3v) is 3.97. The van der Waals surface area contributed by atoms with Crippen LogP contribution < -0.4 is 4.74 Å². The van der Waals surface area contributed by atoms with Crippen molar-refractivity contribution in [2.75, 3.05) is 19.7 Å². The van der Waals surface area contributed by atoms with Crippen LogP contribution in [0.2, 0.25) is 5.02 Å². The van der Waals surface area contributed by atoms with Crippen molar-refractivity contribution >= 4 is 17.5 Å². The Morgan fingerprint density at radius 2 is 2.00 bits per heavy atom. The second kappa shape index (κ2) is 7.66. The highest BCUT2D eigenvalue weighted by Crippen LogP contribution is 2.28. The number of ether oxygens (including phenoxy) is 1. The maximum Gasteiger partial charge on any atom is 0.260 e. The largest absolute Gasteiger partial charge is 0.483 e. The van der Waals surface area contributed by atoms with Crippen LogP contribution in [0.3, 0.4) is 0 Å². The van der Waals surface area contributed by atoms with Gasteiger partial charge in [0.05, 0.1) is 6.10 Å². The van der Waals surface area contributed by atoms with E-state index in [1.54, 1.807) is 25.1 Å². The van der Waals surface area contributed by atoms with Gasteiger partial charge in [0, 0.05) is 23.7 Å². The first-order chi connectivity index (χ1) is 10.1. The van der Waals surface area contributed by atoms with E-state index in [2.05, 4.69) is 0 Å². The zero-order valence-corrected chi connectivity index (χ0v) is 13.1. The van der Waals surface area contributed by atoms with Crippen LogP contribution >= 0.6 is 11.6 Å². The molecule has 1 N–H and O–H groups in total. The molecule has 1 aliphatic rings. The van der Waals surface area contributed by atoms with Crippen molar-refractivity contribution in [3.63, 3.8) is 0 Å². The Morgan fingerprint density at radius 3 is 2.62 bits per heavy atom. The third-order valence-electron chi connectivity index (χ3n) is 3.73. The number of carbonyl (C=O) groups excluding carboxylic acids is 1. The molecule has 21 heavy (non-hydrogen) atoms. The first-order valence-electron chi connectivity index (χ1n) is 7.46. The molecule has 2 rings (SSSR count). The summed E-state index contributed by atoms with van der Waals surface area (Å²) in [5.74, 6) is 0.515. The van der Waals surface area contributed by atoms with Gasteiger partial charge < -0.3 is 14.7 Å². The van der Waals surface area contributed by atoms with Gasteiger partial charge in [-0.15, -0.1) is 0 Å². The summed E-state index contributed by atoms with van der Waals surface area (Å²) in [7, 11) is 0. The molecule has 0 bridgehead atoms. The Balaban J connectivity index is 1.97. The minimum atomic E-state index is -0.688. The molecule has 1 saturated heterocycles. The number of nitrogens with zero attached hydrogens (tertiary/aromatic N) is 1. The van der Waals surface area contributed by atoms with E-state index in [4.69, 9.17) is 16.3 Å². The average Bonchev–Trinajstić information content (AvgIpc) is 2.74. The molecule has 1 fully saturated rings. The van der Waals surface area contributed by atoms with Crippen molar-refractivity contribution in [1.29, 1.82) is 0 Å². The molecule has 4 nitrogen and oxygen atoms in total. The van der Waals surface area contributed by atoms with Crippen LogP contribution in [0.25, 0.3) is 0 Å². The number of likely N-dealkylation sites (tertiary alicyclic amines) is 1. The highest BCUT2D eigenvalue weighted by atomic mass is 35.5. The summed E-state index contributed by atoms with van der Waals surface area (Å²) in [4.78, 5) is 14.1. The van der Waals surface area contributed by atoms with E-state index in [1.807, 2.05) is 4.90 Å². The number of hydrogen-bond acceptors (Lipinski definition) is 3. The van der Waals surface area contributed by atoms with Crippen LogP contribution in [0.1, 0.15) is 44.3 Å². The number of carbonyl (C=O) groups is 1. The predicted molar refractivity (Wildman–Crippen MR) is 82.6 cm³/mol. The van der Waals surface area contributed by atoms with Crippen molar-refractivity contribution in [2.24, 2.45) is 0 Å². The van der Waals surface area contributed by atoms with Crippen LogP contribution in [-0.2, 0) is 4.79 Å². The van der Waals surface area contributed by atoms with Gasteiger partial charge in [0.15, 0.2) is 6.61 Å². The highest BCUT2D eigenvalue weighted by Gasteiger charge is 2.17. The molecule has 0 radical (unpaired) electrons. The first-order valence-corrected chi connectivity index (χ1v) is 7.84. The van der Waals surface area contributed by atoms with E-state index in [-0.39, 0.29) is 12.5 Å². The Kier molecular flexibility index (Phi) is 5.88. The first kappa shape index (κ1) is 16.1. The van der Waals surface area contributed by atoms with Crippen molar-refractivity contribution in [2.45, 2.75) is 38.7 Å². The number of benzene rings is 1. The number of aliphatic hydroxyl groups excluding tert-OH is 1. The lowest BCUT2D eigenvalue weighted by Gasteiger charge is -2.21. The maximum absolute atomic E-state index is 12.2. The van der Waals surface area contributed by atoms with Crippen LogP contribution in [-0.4, -0.2) is 35.6 Å². The molecule has 1 aromatic rings. The van der Waals surface area contributed by atoms with Crippen LogP contribution in [0.4, 0.5) is 0 Å². The summed E-state index contributed by atoms with van der Waals surface area (Å²) in [6, 6.07) is 5.05. The molecule has 1 amide bonds. The van der Waals surface area contributed by atoms with E-state index >= 15 is 0 Å². The normalized spacial score (nSPS) is 17.2. The molecule has 1 heterocycles. The highest BCUT2D eigenvalue weighted by molar-refractivity contribution is 6.30. The maximum atomic E-state index is 12.2. The monoisotopic (exact) mass is 311 g/mol.